The molecule has 0 spiro atoms. The second kappa shape index (κ2) is 5.38. The summed E-state index contributed by atoms with van der Waals surface area (Å²) in [4.78, 5) is 3.16. The van der Waals surface area contributed by atoms with Gasteiger partial charge in [0, 0.05) is 12.1 Å². The van der Waals surface area contributed by atoms with E-state index in [1.54, 1.807) is 12.1 Å². The molecule has 0 saturated carbocycles. The molecule has 2 nitrogen and oxygen atoms in total. The van der Waals surface area contributed by atoms with Gasteiger partial charge in [0.05, 0.1) is 0 Å². The molecule has 3 aromatic carbocycles. The van der Waals surface area contributed by atoms with Crippen LogP contribution in [0.2, 0.25) is 0 Å². The molecule has 3 rings (SSSR count). The Labute approximate surface area is 118 Å². The summed E-state index contributed by atoms with van der Waals surface area (Å²) in [6.07, 6.45) is 0. The summed E-state index contributed by atoms with van der Waals surface area (Å²) < 4.78 is 0. The van der Waals surface area contributed by atoms with Crippen molar-refractivity contribution in [3.8, 4) is 22.3 Å². The highest BCUT2D eigenvalue weighted by Gasteiger charge is 2.04. The van der Waals surface area contributed by atoms with E-state index in [0.717, 1.165) is 11.1 Å². The average molecular weight is 257 g/mol. The number of hydrogen-bond acceptors (Lipinski definition) is 1. The highest BCUT2D eigenvalue weighted by molar-refractivity contribution is 5.71. The quantitative estimate of drug-likeness (QED) is 0.557. The number of hydrogen-bond donors (Lipinski definition) is 0. The van der Waals surface area contributed by atoms with Gasteiger partial charge in [-0.2, -0.15) is 0 Å². The molecule has 0 radical (unpaired) electrons. The van der Waals surface area contributed by atoms with Crippen LogP contribution in [-0.4, -0.2) is 0 Å². The van der Waals surface area contributed by atoms with Gasteiger partial charge in [-0.3, -0.25) is 0 Å². The first-order valence-corrected chi connectivity index (χ1v) is 6.48. The summed E-state index contributed by atoms with van der Waals surface area (Å²) in [6, 6.07) is 26.2. The second-order valence-corrected chi connectivity index (χ2v) is 4.59. The smallest absolute Gasteiger partial charge is 0.0622 e. The topological polar surface area (TPSA) is 28.1 Å². The van der Waals surface area contributed by atoms with E-state index >= 15 is 0 Å². The Morgan fingerprint density at radius 1 is 0.500 bits per heavy atom. The van der Waals surface area contributed by atoms with Crippen molar-refractivity contribution in [2.24, 2.45) is 0 Å². The van der Waals surface area contributed by atoms with Crippen LogP contribution in [0.5, 0.6) is 0 Å². The molecule has 0 fully saturated rings. The van der Waals surface area contributed by atoms with Crippen molar-refractivity contribution < 1.29 is 0 Å². The Kier molecular flexibility index (Phi) is 3.26. The lowest BCUT2D eigenvalue weighted by molar-refractivity contribution is 1.46. The Morgan fingerprint density at radius 3 is 1.35 bits per heavy atom. The molecule has 94 valence electrons. The van der Waals surface area contributed by atoms with E-state index < -0.39 is 0 Å². The van der Waals surface area contributed by atoms with Crippen molar-refractivity contribution in [2.45, 2.75) is 0 Å². The van der Waals surface area contributed by atoms with Crippen molar-refractivity contribution in [3.63, 3.8) is 0 Å². The summed E-state index contributed by atoms with van der Waals surface area (Å²) in [5.74, 6) is 0. The fourth-order valence-corrected chi connectivity index (χ4v) is 2.21. The number of benzene rings is 3. The zero-order valence-corrected chi connectivity index (χ0v) is 10.9. The predicted molar refractivity (Wildman–Crippen MR) is 82.1 cm³/mol. The Balaban J connectivity index is 1.91. The van der Waals surface area contributed by atoms with E-state index in [1.807, 2.05) is 30.3 Å². The molecule has 0 heterocycles. The van der Waals surface area contributed by atoms with E-state index in [1.165, 1.54) is 11.1 Å². The first-order valence-electron chi connectivity index (χ1n) is 6.48. The van der Waals surface area contributed by atoms with Gasteiger partial charge < -0.3 is 0 Å². The normalized spacial score (nSPS) is 9.95. The second-order valence-electron chi connectivity index (χ2n) is 4.59. The van der Waals surface area contributed by atoms with Crippen LogP contribution < -0.4 is 0 Å². The molecule has 0 aliphatic rings. The third-order valence-corrected chi connectivity index (χ3v) is 3.31. The molecular formula is C18H13N2+. The van der Waals surface area contributed by atoms with Crippen molar-refractivity contribution in [3.05, 3.63) is 83.8 Å². The molecule has 3 aromatic rings. The Bertz CT molecular complexity index is 736. The third kappa shape index (κ3) is 2.43. The predicted octanol–water partition coefficient (Wildman–Crippen LogP) is 5.51. The molecule has 0 aliphatic carbocycles. The number of rotatable bonds is 2. The minimum atomic E-state index is 0.564. The summed E-state index contributed by atoms with van der Waals surface area (Å²) in [5, 5.41) is 8.69. The largest absolute Gasteiger partial charge is 0.385 e. The zero-order chi connectivity index (χ0) is 13.8. The third-order valence-electron chi connectivity index (χ3n) is 3.31. The monoisotopic (exact) mass is 257 g/mol. The molecule has 0 unspecified atom stereocenters. The van der Waals surface area contributed by atoms with E-state index in [-0.39, 0.29) is 0 Å². The highest BCUT2D eigenvalue weighted by atomic mass is 14.8. The van der Waals surface area contributed by atoms with Crippen molar-refractivity contribution in [1.29, 1.82) is 5.39 Å². The first-order chi connectivity index (χ1) is 9.86. The van der Waals surface area contributed by atoms with E-state index in [2.05, 4.69) is 41.4 Å². The van der Waals surface area contributed by atoms with Crippen LogP contribution in [0.4, 0.5) is 5.69 Å². The maximum Gasteiger partial charge on any atom is 0.385 e. The van der Waals surface area contributed by atoms with Gasteiger partial charge in [-0.05, 0) is 34.4 Å². The standard InChI is InChI=1S/C18H13N2/c19-20-18-12-10-17(11-13-18)16-8-6-15(7-9-16)14-4-2-1-3-5-14/h1-13H/q+1. The molecular weight excluding hydrogens is 244 g/mol. The van der Waals surface area contributed by atoms with Crippen LogP contribution in [0.25, 0.3) is 27.2 Å². The summed E-state index contributed by atoms with van der Waals surface area (Å²) >= 11 is 0. The highest BCUT2D eigenvalue weighted by Crippen LogP contribution is 2.26. The van der Waals surface area contributed by atoms with Gasteiger partial charge in [0.15, 0.2) is 4.98 Å². The van der Waals surface area contributed by atoms with E-state index in [9.17, 15) is 0 Å². The molecule has 0 N–H and O–H groups in total. The van der Waals surface area contributed by atoms with Gasteiger partial charge in [0.25, 0.3) is 0 Å². The lowest BCUT2D eigenvalue weighted by Gasteiger charge is -2.04. The van der Waals surface area contributed by atoms with Crippen molar-refractivity contribution >= 4 is 5.69 Å². The number of diazo groups is 1. The van der Waals surface area contributed by atoms with Crippen LogP contribution in [0.1, 0.15) is 0 Å². The van der Waals surface area contributed by atoms with Gasteiger partial charge in [0.1, 0.15) is 0 Å². The first kappa shape index (κ1) is 12.1. The molecule has 0 saturated heterocycles. The zero-order valence-electron chi connectivity index (χ0n) is 10.9. The van der Waals surface area contributed by atoms with Crippen LogP contribution in [-0.2, 0) is 0 Å². The Morgan fingerprint density at radius 2 is 0.900 bits per heavy atom. The van der Waals surface area contributed by atoms with E-state index in [0.29, 0.717) is 5.69 Å². The maximum atomic E-state index is 8.69. The SMILES string of the molecule is N#[N+]c1ccc(-c2ccc(-c3ccccc3)cc2)cc1. The maximum absolute atomic E-state index is 8.69. The lowest BCUT2D eigenvalue weighted by Crippen LogP contribution is -1.79. The fraction of sp³-hybridized carbons (Fsp3) is 0. The van der Waals surface area contributed by atoms with E-state index in [4.69, 9.17) is 5.39 Å². The molecule has 0 atom stereocenters. The van der Waals surface area contributed by atoms with Crippen LogP contribution in [0, 0.1) is 5.39 Å². The van der Waals surface area contributed by atoms with Gasteiger partial charge in [0.2, 0.25) is 5.39 Å². The average Bonchev–Trinajstić information content (AvgIpc) is 2.56. The molecule has 20 heavy (non-hydrogen) atoms. The van der Waals surface area contributed by atoms with Gasteiger partial charge in [-0.25, -0.2) is 0 Å². The molecule has 0 aliphatic heterocycles. The molecule has 2 heteroatoms. The molecule has 0 amide bonds. The lowest BCUT2D eigenvalue weighted by atomic mass is 10.0. The summed E-state index contributed by atoms with van der Waals surface area (Å²) in [5.41, 5.74) is 5.24. The van der Waals surface area contributed by atoms with Crippen LogP contribution in [0.3, 0.4) is 0 Å². The van der Waals surface area contributed by atoms with Gasteiger partial charge in [-0.1, -0.05) is 54.6 Å². The van der Waals surface area contributed by atoms with Gasteiger partial charge in [-0.15, -0.1) is 0 Å². The summed E-state index contributed by atoms with van der Waals surface area (Å²) in [7, 11) is 0. The Hall–Kier alpha value is -2.92. The summed E-state index contributed by atoms with van der Waals surface area (Å²) in [6.45, 7) is 0. The minimum absolute atomic E-state index is 0.564. The molecule has 0 bridgehead atoms. The van der Waals surface area contributed by atoms with Crippen molar-refractivity contribution in [1.82, 2.24) is 0 Å². The fourth-order valence-electron chi connectivity index (χ4n) is 2.21. The molecule has 0 aromatic heterocycles. The van der Waals surface area contributed by atoms with Crippen LogP contribution >= 0.6 is 0 Å². The van der Waals surface area contributed by atoms with Crippen LogP contribution in [0.15, 0.2) is 78.9 Å². The van der Waals surface area contributed by atoms with Crippen molar-refractivity contribution in [2.75, 3.05) is 0 Å². The minimum Gasteiger partial charge on any atom is -0.0622 e. The number of nitrogens with zero attached hydrogens (tertiary/aromatic N) is 2. The van der Waals surface area contributed by atoms with Gasteiger partial charge >= 0.3 is 5.69 Å².